The number of aromatic nitrogens is 2. The Kier molecular flexibility index (Phi) is 2.66. The molecule has 0 N–H and O–H groups in total. The van der Waals surface area contributed by atoms with Gasteiger partial charge in [-0.3, -0.25) is 0 Å². The van der Waals surface area contributed by atoms with E-state index in [1.807, 2.05) is 0 Å². The van der Waals surface area contributed by atoms with Crippen LogP contribution < -0.4 is 0 Å². The minimum Gasteiger partial charge on any atom is -0.303 e. The second-order valence-corrected chi connectivity index (χ2v) is 2.02. The molecule has 0 amide bonds. The SMILES string of the molecule is O=CCCc1ncc(F)cn1. The largest absolute Gasteiger partial charge is 0.303 e. The van der Waals surface area contributed by atoms with Crippen molar-refractivity contribution in [2.24, 2.45) is 0 Å². The van der Waals surface area contributed by atoms with Gasteiger partial charge in [-0.25, -0.2) is 14.4 Å². The first-order chi connectivity index (χ1) is 5.33. The lowest BCUT2D eigenvalue weighted by Crippen LogP contribution is -1.95. The summed E-state index contributed by atoms with van der Waals surface area (Å²) in [4.78, 5) is 17.3. The summed E-state index contributed by atoms with van der Waals surface area (Å²) in [7, 11) is 0. The summed E-state index contributed by atoms with van der Waals surface area (Å²) >= 11 is 0. The van der Waals surface area contributed by atoms with Crippen LogP contribution in [0.5, 0.6) is 0 Å². The highest BCUT2D eigenvalue weighted by Gasteiger charge is 1.95. The van der Waals surface area contributed by atoms with Gasteiger partial charge < -0.3 is 4.79 Å². The quantitative estimate of drug-likeness (QED) is 0.603. The molecule has 4 heteroatoms. The zero-order valence-corrected chi connectivity index (χ0v) is 5.83. The average molecular weight is 154 g/mol. The number of hydrogen-bond donors (Lipinski definition) is 0. The van der Waals surface area contributed by atoms with Crippen LogP contribution in [0.25, 0.3) is 0 Å². The molecule has 58 valence electrons. The van der Waals surface area contributed by atoms with Crippen LogP contribution in [0.4, 0.5) is 4.39 Å². The third-order valence-corrected chi connectivity index (χ3v) is 1.16. The van der Waals surface area contributed by atoms with E-state index in [0.29, 0.717) is 18.7 Å². The van der Waals surface area contributed by atoms with Gasteiger partial charge in [0.05, 0.1) is 12.4 Å². The molecule has 0 unspecified atom stereocenters. The summed E-state index contributed by atoms with van der Waals surface area (Å²) in [6.45, 7) is 0. The molecule has 0 aromatic carbocycles. The van der Waals surface area contributed by atoms with Crippen LogP contribution >= 0.6 is 0 Å². The number of hydrogen-bond acceptors (Lipinski definition) is 3. The first-order valence-corrected chi connectivity index (χ1v) is 3.23. The van der Waals surface area contributed by atoms with Gasteiger partial charge in [-0.2, -0.15) is 0 Å². The molecule has 1 heterocycles. The van der Waals surface area contributed by atoms with Gasteiger partial charge in [-0.05, 0) is 0 Å². The van der Waals surface area contributed by atoms with Crippen molar-refractivity contribution in [1.82, 2.24) is 9.97 Å². The Hall–Kier alpha value is -1.32. The van der Waals surface area contributed by atoms with E-state index >= 15 is 0 Å². The molecule has 0 atom stereocenters. The maximum Gasteiger partial charge on any atom is 0.159 e. The first kappa shape index (κ1) is 7.78. The lowest BCUT2D eigenvalue weighted by molar-refractivity contribution is -0.107. The van der Waals surface area contributed by atoms with E-state index in [0.717, 1.165) is 18.7 Å². The van der Waals surface area contributed by atoms with Crippen molar-refractivity contribution < 1.29 is 9.18 Å². The van der Waals surface area contributed by atoms with E-state index < -0.39 is 5.82 Å². The number of carbonyl (C=O) groups excluding carboxylic acids is 1. The Morgan fingerprint density at radius 3 is 2.64 bits per heavy atom. The molecule has 1 aromatic heterocycles. The predicted octanol–water partition coefficient (Wildman–Crippen LogP) is 0.747. The number of rotatable bonds is 3. The van der Waals surface area contributed by atoms with Gasteiger partial charge in [0.25, 0.3) is 0 Å². The lowest BCUT2D eigenvalue weighted by atomic mass is 10.3. The standard InChI is InChI=1S/C7H7FN2O/c8-6-4-9-7(10-5-6)2-1-3-11/h3-5H,1-2H2. The Labute approximate surface area is 63.3 Å². The lowest BCUT2D eigenvalue weighted by Gasteiger charge is -1.93. The fourth-order valence-electron chi connectivity index (χ4n) is 0.656. The topological polar surface area (TPSA) is 42.9 Å². The molecule has 0 aliphatic carbocycles. The maximum atomic E-state index is 12.2. The van der Waals surface area contributed by atoms with Crippen molar-refractivity contribution in [3.05, 3.63) is 24.0 Å². The maximum absolute atomic E-state index is 12.2. The third kappa shape index (κ3) is 2.41. The molecular formula is C7H7FN2O. The number of carbonyl (C=O) groups is 1. The summed E-state index contributed by atoms with van der Waals surface area (Å²) < 4.78 is 12.2. The molecule has 0 aliphatic rings. The summed E-state index contributed by atoms with van der Waals surface area (Å²) in [5.41, 5.74) is 0. The van der Waals surface area contributed by atoms with E-state index in [9.17, 15) is 9.18 Å². The molecule has 0 radical (unpaired) electrons. The molecule has 0 aliphatic heterocycles. The molecule has 0 bridgehead atoms. The molecular weight excluding hydrogens is 147 g/mol. The number of halogens is 1. The van der Waals surface area contributed by atoms with Crippen LogP contribution in [0.15, 0.2) is 12.4 Å². The zero-order valence-electron chi connectivity index (χ0n) is 5.83. The van der Waals surface area contributed by atoms with Gasteiger partial charge >= 0.3 is 0 Å². The second kappa shape index (κ2) is 3.75. The van der Waals surface area contributed by atoms with Crippen molar-refractivity contribution in [3.8, 4) is 0 Å². The molecule has 1 rings (SSSR count). The Morgan fingerprint density at radius 1 is 1.45 bits per heavy atom. The van der Waals surface area contributed by atoms with Crippen LogP contribution in [0, 0.1) is 5.82 Å². The van der Waals surface area contributed by atoms with Crippen molar-refractivity contribution in [2.75, 3.05) is 0 Å². The molecule has 1 aromatic rings. The van der Waals surface area contributed by atoms with Crippen molar-refractivity contribution >= 4 is 6.29 Å². The highest BCUT2D eigenvalue weighted by atomic mass is 19.1. The number of nitrogens with zero attached hydrogens (tertiary/aromatic N) is 2. The van der Waals surface area contributed by atoms with Gasteiger partial charge in [0, 0.05) is 12.8 Å². The van der Waals surface area contributed by atoms with Gasteiger partial charge in [0.2, 0.25) is 0 Å². The van der Waals surface area contributed by atoms with Crippen LogP contribution in [0.1, 0.15) is 12.2 Å². The highest BCUT2D eigenvalue weighted by Crippen LogP contribution is 1.95. The molecule has 3 nitrogen and oxygen atoms in total. The van der Waals surface area contributed by atoms with Crippen LogP contribution in [-0.4, -0.2) is 16.3 Å². The number of aldehydes is 1. The van der Waals surface area contributed by atoms with Gasteiger partial charge in [-0.1, -0.05) is 0 Å². The normalized spacial score (nSPS) is 9.55. The predicted molar refractivity (Wildman–Crippen MR) is 36.4 cm³/mol. The minimum atomic E-state index is -0.458. The second-order valence-electron chi connectivity index (χ2n) is 2.02. The summed E-state index contributed by atoms with van der Waals surface area (Å²) in [6, 6.07) is 0. The van der Waals surface area contributed by atoms with Gasteiger partial charge in [0.1, 0.15) is 12.1 Å². The van der Waals surface area contributed by atoms with Gasteiger partial charge in [-0.15, -0.1) is 0 Å². The van der Waals surface area contributed by atoms with Crippen LogP contribution in [0.2, 0.25) is 0 Å². The fraction of sp³-hybridized carbons (Fsp3) is 0.286. The van der Waals surface area contributed by atoms with E-state index in [2.05, 4.69) is 9.97 Å². The highest BCUT2D eigenvalue weighted by molar-refractivity contribution is 5.49. The Bertz CT molecular complexity index is 235. The Balaban J connectivity index is 2.58. The Morgan fingerprint density at radius 2 is 2.09 bits per heavy atom. The summed E-state index contributed by atoms with van der Waals surface area (Å²) in [5, 5.41) is 0. The molecule has 0 spiro atoms. The fourth-order valence-corrected chi connectivity index (χ4v) is 0.656. The monoisotopic (exact) mass is 154 g/mol. The smallest absolute Gasteiger partial charge is 0.159 e. The van der Waals surface area contributed by atoms with Gasteiger partial charge in [0.15, 0.2) is 5.82 Å². The summed E-state index contributed by atoms with van der Waals surface area (Å²) in [6.07, 6.45) is 3.82. The molecule has 0 fully saturated rings. The van der Waals surface area contributed by atoms with Crippen molar-refractivity contribution in [1.29, 1.82) is 0 Å². The van der Waals surface area contributed by atoms with Crippen molar-refractivity contribution in [3.63, 3.8) is 0 Å². The van der Waals surface area contributed by atoms with E-state index in [4.69, 9.17) is 0 Å². The van der Waals surface area contributed by atoms with Crippen molar-refractivity contribution in [2.45, 2.75) is 12.8 Å². The molecule has 11 heavy (non-hydrogen) atoms. The first-order valence-electron chi connectivity index (χ1n) is 3.23. The minimum absolute atomic E-state index is 0.381. The van der Waals surface area contributed by atoms with E-state index in [-0.39, 0.29) is 0 Å². The number of aryl methyl sites for hydroxylation is 1. The van der Waals surface area contributed by atoms with E-state index in [1.165, 1.54) is 0 Å². The third-order valence-electron chi connectivity index (χ3n) is 1.16. The summed E-state index contributed by atoms with van der Waals surface area (Å²) in [5.74, 6) is 0.0401. The molecule has 0 saturated heterocycles. The average Bonchev–Trinajstić information content (AvgIpc) is 2.04. The van der Waals surface area contributed by atoms with E-state index in [1.54, 1.807) is 0 Å². The molecule has 0 saturated carbocycles. The van der Waals surface area contributed by atoms with Crippen LogP contribution in [0.3, 0.4) is 0 Å². The van der Waals surface area contributed by atoms with Crippen LogP contribution in [-0.2, 0) is 11.2 Å². The zero-order chi connectivity index (χ0) is 8.10.